The Labute approximate surface area is 143 Å². The maximum absolute atomic E-state index is 12.4. The lowest BCUT2D eigenvalue weighted by atomic mass is 10.2. The Balaban J connectivity index is 2.70. The van der Waals surface area contributed by atoms with E-state index in [1.165, 1.54) is 17.0 Å². The molecule has 0 atom stereocenters. The predicted octanol–water partition coefficient (Wildman–Crippen LogP) is 2.65. The quantitative estimate of drug-likeness (QED) is 0.693. The highest BCUT2D eigenvalue weighted by molar-refractivity contribution is 7.89. The highest BCUT2D eigenvalue weighted by Crippen LogP contribution is 2.22. The molecule has 0 spiro atoms. The molecule has 0 heterocycles. The monoisotopic (exact) mass is 364 g/mol. The van der Waals surface area contributed by atoms with Gasteiger partial charge in [-0.2, -0.15) is 0 Å². The van der Waals surface area contributed by atoms with Gasteiger partial charge in [0.15, 0.2) is 0 Å². The van der Waals surface area contributed by atoms with Crippen LogP contribution in [0.5, 0.6) is 5.75 Å². The molecule has 0 aromatic heterocycles. The molecule has 0 aliphatic carbocycles. The Bertz CT molecular complexity index is 622. The molecular weight excluding hydrogens is 338 g/mol. The number of halogens is 2. The van der Waals surface area contributed by atoms with Gasteiger partial charge in [0.1, 0.15) is 5.75 Å². The Morgan fingerprint density at radius 1 is 1.29 bits per heavy atom. The van der Waals surface area contributed by atoms with E-state index in [9.17, 15) is 17.2 Å². The van der Waals surface area contributed by atoms with Crippen molar-refractivity contribution in [3.63, 3.8) is 0 Å². The van der Waals surface area contributed by atoms with Crippen LogP contribution in [0.15, 0.2) is 23.1 Å². The van der Waals surface area contributed by atoms with E-state index >= 15 is 0 Å². The number of benzene rings is 1. The minimum atomic E-state index is -3.68. The Morgan fingerprint density at radius 3 is 2.46 bits per heavy atom. The van der Waals surface area contributed by atoms with E-state index in [4.69, 9.17) is 4.74 Å². The van der Waals surface area contributed by atoms with Crippen molar-refractivity contribution in [1.82, 2.24) is 9.62 Å². The van der Waals surface area contributed by atoms with Crippen LogP contribution < -0.4 is 9.46 Å². The molecule has 1 N–H and O–H groups in total. The minimum Gasteiger partial charge on any atom is -0.491 e. The van der Waals surface area contributed by atoms with Crippen LogP contribution in [0.3, 0.4) is 0 Å². The number of ether oxygens (including phenoxy) is 1. The van der Waals surface area contributed by atoms with Crippen LogP contribution in [0.1, 0.15) is 26.3 Å². The van der Waals surface area contributed by atoms with Gasteiger partial charge in [-0.3, -0.25) is 4.90 Å². The van der Waals surface area contributed by atoms with Crippen LogP contribution in [0.4, 0.5) is 8.78 Å². The molecule has 0 saturated heterocycles. The highest BCUT2D eigenvalue weighted by atomic mass is 32.2. The van der Waals surface area contributed by atoms with E-state index < -0.39 is 16.4 Å². The van der Waals surface area contributed by atoms with Gasteiger partial charge in [0.2, 0.25) is 10.0 Å². The number of hydrogen-bond acceptors (Lipinski definition) is 4. The smallest absolute Gasteiger partial charge is 0.251 e. The first-order valence-corrected chi connectivity index (χ1v) is 9.41. The van der Waals surface area contributed by atoms with Crippen molar-refractivity contribution in [2.75, 3.05) is 26.2 Å². The molecule has 0 aliphatic rings. The number of alkyl halides is 2. The number of sulfonamides is 1. The van der Waals surface area contributed by atoms with Gasteiger partial charge in [0, 0.05) is 13.1 Å². The molecule has 1 rings (SSSR count). The first kappa shape index (κ1) is 20.8. The molecular formula is C16H26F2N2O3S. The summed E-state index contributed by atoms with van der Waals surface area (Å²) in [5.74, 6) is 0.637. The molecule has 1 aromatic carbocycles. The molecule has 0 amide bonds. The molecule has 24 heavy (non-hydrogen) atoms. The van der Waals surface area contributed by atoms with Gasteiger partial charge < -0.3 is 4.74 Å². The van der Waals surface area contributed by atoms with E-state index in [2.05, 4.69) is 4.72 Å². The van der Waals surface area contributed by atoms with Gasteiger partial charge in [-0.1, -0.05) is 6.92 Å². The van der Waals surface area contributed by atoms with Crippen molar-refractivity contribution in [3.05, 3.63) is 23.8 Å². The lowest BCUT2D eigenvalue weighted by Gasteiger charge is -2.20. The molecule has 0 fully saturated rings. The Kier molecular flexibility index (Phi) is 8.05. The van der Waals surface area contributed by atoms with Crippen LogP contribution in [0.2, 0.25) is 0 Å². The summed E-state index contributed by atoms with van der Waals surface area (Å²) < 4.78 is 57.4. The Morgan fingerprint density at radius 2 is 1.96 bits per heavy atom. The Hall–Kier alpha value is -1.25. The van der Waals surface area contributed by atoms with E-state index in [0.29, 0.717) is 12.3 Å². The predicted molar refractivity (Wildman–Crippen MR) is 90.2 cm³/mol. The summed E-state index contributed by atoms with van der Waals surface area (Å²) in [5, 5.41) is 0. The van der Waals surface area contributed by atoms with Crippen LogP contribution >= 0.6 is 0 Å². The lowest BCUT2D eigenvalue weighted by molar-refractivity contribution is 0.0919. The summed E-state index contributed by atoms with van der Waals surface area (Å²) >= 11 is 0. The van der Waals surface area contributed by atoms with E-state index in [1.807, 2.05) is 13.8 Å². The SMILES string of the molecule is CCN(CCNS(=O)(=O)c1ccc(OC(C)C)c(C)c1)CC(F)F. The van der Waals surface area contributed by atoms with Crippen molar-refractivity contribution in [2.24, 2.45) is 0 Å². The molecule has 1 aromatic rings. The molecule has 0 bridgehead atoms. The third-order valence-corrected chi connectivity index (χ3v) is 4.84. The van der Waals surface area contributed by atoms with Crippen molar-refractivity contribution in [2.45, 2.75) is 45.1 Å². The summed E-state index contributed by atoms with van der Waals surface area (Å²) in [6.45, 7) is 7.70. The second kappa shape index (κ2) is 9.29. The number of rotatable bonds is 10. The largest absolute Gasteiger partial charge is 0.491 e. The summed E-state index contributed by atoms with van der Waals surface area (Å²) in [6, 6.07) is 4.64. The number of likely N-dealkylation sites (N-methyl/N-ethyl adjacent to an activating group) is 1. The third kappa shape index (κ3) is 6.70. The average Bonchev–Trinajstić information content (AvgIpc) is 2.47. The van der Waals surface area contributed by atoms with Crippen molar-refractivity contribution < 1.29 is 21.9 Å². The first-order valence-electron chi connectivity index (χ1n) is 7.93. The first-order chi connectivity index (χ1) is 11.2. The third-order valence-electron chi connectivity index (χ3n) is 3.38. The number of aryl methyl sites for hydroxylation is 1. The summed E-state index contributed by atoms with van der Waals surface area (Å²) in [4.78, 5) is 1.63. The van der Waals surface area contributed by atoms with Gasteiger partial charge in [-0.25, -0.2) is 21.9 Å². The minimum absolute atomic E-state index is 0.000793. The maximum Gasteiger partial charge on any atom is 0.251 e. The normalized spacial score (nSPS) is 12.4. The standard InChI is InChI=1S/C16H26F2N2O3S/c1-5-20(11-16(17)18)9-8-19-24(21,22)14-6-7-15(13(4)10-14)23-12(2)3/h6-7,10,12,16,19H,5,8-9,11H2,1-4H3. The van der Waals surface area contributed by atoms with Crippen molar-refractivity contribution in [1.29, 1.82) is 0 Å². The summed E-state index contributed by atoms with van der Waals surface area (Å²) in [5.41, 5.74) is 0.722. The van der Waals surface area contributed by atoms with Gasteiger partial charge in [0.25, 0.3) is 6.43 Å². The number of hydrogen-bond donors (Lipinski definition) is 1. The fraction of sp³-hybridized carbons (Fsp3) is 0.625. The zero-order chi connectivity index (χ0) is 18.3. The van der Waals surface area contributed by atoms with Gasteiger partial charge in [-0.15, -0.1) is 0 Å². The second-order valence-corrected chi connectivity index (χ2v) is 7.54. The lowest BCUT2D eigenvalue weighted by Crippen LogP contribution is -2.37. The maximum atomic E-state index is 12.4. The molecule has 8 heteroatoms. The summed E-state index contributed by atoms with van der Waals surface area (Å²) in [7, 11) is -3.68. The zero-order valence-corrected chi connectivity index (χ0v) is 15.4. The molecule has 0 radical (unpaired) electrons. The van der Waals surface area contributed by atoms with Crippen LogP contribution in [0, 0.1) is 6.92 Å². The van der Waals surface area contributed by atoms with Crippen molar-refractivity contribution >= 4 is 10.0 Å². The van der Waals surface area contributed by atoms with E-state index in [1.54, 1.807) is 19.9 Å². The summed E-state index contributed by atoms with van der Waals surface area (Å²) in [6.07, 6.45) is -2.43. The average molecular weight is 364 g/mol. The van der Waals surface area contributed by atoms with E-state index in [-0.39, 0.29) is 30.6 Å². The van der Waals surface area contributed by atoms with Crippen LogP contribution in [-0.4, -0.2) is 52.0 Å². The molecule has 0 saturated carbocycles. The topological polar surface area (TPSA) is 58.6 Å². The molecule has 0 aliphatic heterocycles. The van der Waals surface area contributed by atoms with Crippen LogP contribution in [0.25, 0.3) is 0 Å². The fourth-order valence-corrected chi connectivity index (χ4v) is 3.28. The van der Waals surface area contributed by atoms with Gasteiger partial charge in [-0.05, 0) is 51.1 Å². The highest BCUT2D eigenvalue weighted by Gasteiger charge is 2.17. The van der Waals surface area contributed by atoms with Crippen molar-refractivity contribution in [3.8, 4) is 5.75 Å². The number of nitrogens with one attached hydrogen (secondary N) is 1. The molecule has 0 unspecified atom stereocenters. The number of nitrogens with zero attached hydrogens (tertiary/aromatic N) is 1. The van der Waals surface area contributed by atoms with Crippen LogP contribution in [-0.2, 0) is 10.0 Å². The molecule has 5 nitrogen and oxygen atoms in total. The van der Waals surface area contributed by atoms with Gasteiger partial charge in [0.05, 0.1) is 17.5 Å². The zero-order valence-electron chi connectivity index (χ0n) is 14.6. The second-order valence-electron chi connectivity index (χ2n) is 5.78. The molecule has 138 valence electrons. The van der Waals surface area contributed by atoms with E-state index in [0.717, 1.165) is 5.56 Å². The van der Waals surface area contributed by atoms with Gasteiger partial charge >= 0.3 is 0 Å². The fourth-order valence-electron chi connectivity index (χ4n) is 2.17.